The minimum absolute atomic E-state index is 0.0224. The van der Waals surface area contributed by atoms with Crippen LogP contribution in [0.15, 0.2) is 41.3 Å². The van der Waals surface area contributed by atoms with Crippen molar-refractivity contribution in [2.24, 2.45) is 0 Å². The van der Waals surface area contributed by atoms with Crippen LogP contribution in [0.25, 0.3) is 0 Å². The standard InChI is InChI=1S/C16H14ClNO6S/c1-22-16(19)12-4-2-10(17)8-13(12)18-25(20,21)11-3-5-14-15(9-11)24-7-6-23-14/h2-5,8-9,18H,6-7H2,1H3. The molecule has 2 aromatic carbocycles. The van der Waals surface area contributed by atoms with E-state index >= 15 is 0 Å². The van der Waals surface area contributed by atoms with E-state index < -0.39 is 16.0 Å². The van der Waals surface area contributed by atoms with Gasteiger partial charge in [-0.3, -0.25) is 4.72 Å². The largest absolute Gasteiger partial charge is 0.486 e. The summed E-state index contributed by atoms with van der Waals surface area (Å²) < 4.78 is 43.1. The van der Waals surface area contributed by atoms with Gasteiger partial charge in [0, 0.05) is 11.1 Å². The van der Waals surface area contributed by atoms with Gasteiger partial charge in [0.2, 0.25) is 0 Å². The Hall–Kier alpha value is -2.45. The van der Waals surface area contributed by atoms with Crippen molar-refractivity contribution in [1.29, 1.82) is 0 Å². The fourth-order valence-corrected chi connectivity index (χ4v) is 3.54. The topological polar surface area (TPSA) is 90.9 Å². The summed E-state index contributed by atoms with van der Waals surface area (Å²) in [5.74, 6) is 0.133. The molecule has 0 radical (unpaired) electrons. The van der Waals surface area contributed by atoms with E-state index in [4.69, 9.17) is 21.1 Å². The first kappa shape index (κ1) is 17.4. The summed E-state index contributed by atoms with van der Waals surface area (Å²) in [4.78, 5) is 11.8. The average Bonchev–Trinajstić information content (AvgIpc) is 2.60. The predicted molar refractivity (Wildman–Crippen MR) is 91.0 cm³/mol. The van der Waals surface area contributed by atoms with Crippen LogP contribution in [0.2, 0.25) is 5.02 Å². The van der Waals surface area contributed by atoms with E-state index in [0.717, 1.165) is 0 Å². The van der Waals surface area contributed by atoms with Gasteiger partial charge in [-0.1, -0.05) is 11.6 Å². The van der Waals surface area contributed by atoms with Crippen molar-refractivity contribution in [3.05, 3.63) is 47.0 Å². The first-order valence-corrected chi connectivity index (χ1v) is 9.07. The van der Waals surface area contributed by atoms with Crippen LogP contribution < -0.4 is 14.2 Å². The van der Waals surface area contributed by atoms with Crippen molar-refractivity contribution in [3.63, 3.8) is 0 Å². The summed E-state index contributed by atoms with van der Waals surface area (Å²) in [7, 11) is -2.78. The van der Waals surface area contributed by atoms with Gasteiger partial charge in [-0.15, -0.1) is 0 Å². The second kappa shape index (κ2) is 6.81. The SMILES string of the molecule is COC(=O)c1ccc(Cl)cc1NS(=O)(=O)c1ccc2c(c1)OCCO2. The maximum atomic E-state index is 12.7. The number of hydrogen-bond acceptors (Lipinski definition) is 6. The molecule has 2 aromatic rings. The van der Waals surface area contributed by atoms with Gasteiger partial charge in [0.05, 0.1) is 23.3 Å². The highest BCUT2D eigenvalue weighted by Crippen LogP contribution is 2.33. The van der Waals surface area contributed by atoms with Crippen LogP contribution in [0, 0.1) is 0 Å². The molecule has 0 amide bonds. The zero-order valence-electron chi connectivity index (χ0n) is 13.1. The molecule has 0 fully saturated rings. The quantitative estimate of drug-likeness (QED) is 0.816. The van der Waals surface area contributed by atoms with E-state index in [-0.39, 0.29) is 21.2 Å². The number of ether oxygens (including phenoxy) is 3. The first-order valence-electron chi connectivity index (χ1n) is 7.21. The van der Waals surface area contributed by atoms with Gasteiger partial charge in [-0.2, -0.15) is 0 Å². The summed E-state index contributed by atoms with van der Waals surface area (Å²) in [6.07, 6.45) is 0. The number of sulfonamides is 1. The van der Waals surface area contributed by atoms with Crippen molar-refractivity contribution >= 4 is 33.3 Å². The van der Waals surface area contributed by atoms with Crippen molar-refractivity contribution in [2.75, 3.05) is 25.0 Å². The Morgan fingerprint density at radius 3 is 2.56 bits per heavy atom. The van der Waals surface area contributed by atoms with Crippen molar-refractivity contribution in [3.8, 4) is 11.5 Å². The third-order valence-electron chi connectivity index (χ3n) is 3.46. The van der Waals surface area contributed by atoms with Gasteiger partial charge in [-0.25, -0.2) is 13.2 Å². The van der Waals surface area contributed by atoms with E-state index in [0.29, 0.717) is 24.7 Å². The molecule has 0 aromatic heterocycles. The molecule has 7 nitrogen and oxygen atoms in total. The molecule has 0 aliphatic carbocycles. The maximum Gasteiger partial charge on any atom is 0.339 e. The van der Waals surface area contributed by atoms with E-state index in [1.54, 1.807) is 0 Å². The molecule has 0 saturated heterocycles. The lowest BCUT2D eigenvalue weighted by molar-refractivity contribution is 0.0602. The Bertz CT molecular complexity index is 928. The molecule has 132 valence electrons. The van der Waals surface area contributed by atoms with E-state index in [2.05, 4.69) is 9.46 Å². The number of anilines is 1. The predicted octanol–water partition coefficient (Wildman–Crippen LogP) is 2.70. The fraction of sp³-hybridized carbons (Fsp3) is 0.188. The number of nitrogens with one attached hydrogen (secondary N) is 1. The zero-order chi connectivity index (χ0) is 18.0. The summed E-state index contributed by atoms with van der Waals surface area (Å²) in [5.41, 5.74) is 0.0715. The number of halogens is 1. The lowest BCUT2D eigenvalue weighted by Crippen LogP contribution is -2.18. The minimum Gasteiger partial charge on any atom is -0.486 e. The number of carbonyl (C=O) groups excluding carboxylic acids is 1. The number of fused-ring (bicyclic) bond motifs is 1. The molecule has 0 saturated carbocycles. The Labute approximate surface area is 149 Å². The molecule has 1 aliphatic heterocycles. The van der Waals surface area contributed by atoms with Crippen molar-refractivity contribution in [2.45, 2.75) is 4.90 Å². The number of benzene rings is 2. The molecule has 1 aliphatic rings. The van der Waals surface area contributed by atoms with Crippen molar-refractivity contribution in [1.82, 2.24) is 0 Å². The highest BCUT2D eigenvalue weighted by molar-refractivity contribution is 7.92. The molecular formula is C16H14ClNO6S. The second-order valence-corrected chi connectivity index (χ2v) is 7.21. The summed E-state index contributed by atoms with van der Waals surface area (Å²) in [6, 6.07) is 8.45. The van der Waals surface area contributed by atoms with Gasteiger partial charge in [0.25, 0.3) is 10.0 Å². The highest BCUT2D eigenvalue weighted by Gasteiger charge is 2.22. The lowest BCUT2D eigenvalue weighted by atomic mass is 10.2. The molecule has 0 bridgehead atoms. The Morgan fingerprint density at radius 1 is 1.12 bits per heavy atom. The molecule has 25 heavy (non-hydrogen) atoms. The Kier molecular flexibility index (Phi) is 4.73. The van der Waals surface area contributed by atoms with E-state index in [1.807, 2.05) is 0 Å². The van der Waals surface area contributed by atoms with Crippen LogP contribution >= 0.6 is 11.6 Å². The number of carbonyl (C=O) groups is 1. The molecule has 1 heterocycles. The lowest BCUT2D eigenvalue weighted by Gasteiger charge is -2.19. The van der Waals surface area contributed by atoms with Crippen LogP contribution in [0.4, 0.5) is 5.69 Å². The number of rotatable bonds is 4. The highest BCUT2D eigenvalue weighted by atomic mass is 35.5. The number of esters is 1. The van der Waals surface area contributed by atoms with E-state index in [1.165, 1.54) is 43.5 Å². The van der Waals surface area contributed by atoms with Crippen LogP contribution in [-0.2, 0) is 14.8 Å². The Balaban J connectivity index is 1.97. The molecule has 3 rings (SSSR count). The normalized spacial score (nSPS) is 13.2. The first-order chi connectivity index (χ1) is 11.9. The van der Waals surface area contributed by atoms with Gasteiger partial charge < -0.3 is 14.2 Å². The van der Waals surface area contributed by atoms with Crippen LogP contribution in [-0.4, -0.2) is 34.7 Å². The third-order valence-corrected chi connectivity index (χ3v) is 5.05. The summed E-state index contributed by atoms with van der Waals surface area (Å²) >= 11 is 5.91. The molecule has 0 unspecified atom stereocenters. The van der Waals surface area contributed by atoms with Gasteiger partial charge in [0.1, 0.15) is 13.2 Å². The molecule has 9 heteroatoms. The fourth-order valence-electron chi connectivity index (χ4n) is 2.28. The minimum atomic E-state index is -3.98. The van der Waals surface area contributed by atoms with Crippen LogP contribution in [0.5, 0.6) is 11.5 Å². The average molecular weight is 384 g/mol. The summed E-state index contributed by atoms with van der Waals surface area (Å²) in [6.45, 7) is 0.743. The monoisotopic (exact) mass is 383 g/mol. The van der Waals surface area contributed by atoms with Gasteiger partial charge >= 0.3 is 5.97 Å². The number of hydrogen-bond donors (Lipinski definition) is 1. The smallest absolute Gasteiger partial charge is 0.339 e. The maximum absolute atomic E-state index is 12.7. The van der Waals surface area contributed by atoms with Crippen LogP contribution in [0.3, 0.4) is 0 Å². The van der Waals surface area contributed by atoms with Gasteiger partial charge in [-0.05, 0) is 30.3 Å². The van der Waals surface area contributed by atoms with Crippen molar-refractivity contribution < 1.29 is 27.4 Å². The third kappa shape index (κ3) is 3.64. The van der Waals surface area contributed by atoms with Crippen LogP contribution in [0.1, 0.15) is 10.4 Å². The van der Waals surface area contributed by atoms with Gasteiger partial charge in [0.15, 0.2) is 11.5 Å². The molecular weight excluding hydrogens is 370 g/mol. The molecule has 1 N–H and O–H groups in total. The second-order valence-electron chi connectivity index (χ2n) is 5.09. The zero-order valence-corrected chi connectivity index (χ0v) is 14.7. The number of methoxy groups -OCH3 is 1. The summed E-state index contributed by atoms with van der Waals surface area (Å²) in [5, 5.41) is 0.271. The van der Waals surface area contributed by atoms with E-state index in [9.17, 15) is 13.2 Å². The molecule has 0 spiro atoms. The Morgan fingerprint density at radius 2 is 1.84 bits per heavy atom. The molecule has 0 atom stereocenters.